The number of rotatable bonds is 50. The van der Waals surface area contributed by atoms with Gasteiger partial charge in [-0.25, -0.2) is 4.57 Å². The molecule has 0 fully saturated rings. The Hall–Kier alpha value is -2.55. The predicted octanol–water partition coefficient (Wildman–Crippen LogP) is 16.9. The minimum Gasteiger partial charge on any atom is -0.462 e. The summed E-state index contributed by atoms with van der Waals surface area (Å²) in [6.07, 6.45) is 63.8. The summed E-state index contributed by atoms with van der Waals surface area (Å²) in [5.41, 5.74) is 0. The molecule has 0 radical (unpaired) electrons. The van der Waals surface area contributed by atoms with Crippen molar-refractivity contribution in [3.8, 4) is 0 Å². The van der Waals surface area contributed by atoms with Crippen molar-refractivity contribution in [2.45, 2.75) is 238 Å². The highest BCUT2D eigenvalue weighted by Gasteiger charge is 2.27. The van der Waals surface area contributed by atoms with Gasteiger partial charge in [0.1, 0.15) is 19.8 Å². The molecule has 0 aliphatic rings. The fraction of sp³-hybridized carbons (Fsp3) is 0.759. The van der Waals surface area contributed by atoms with Crippen LogP contribution in [0.25, 0.3) is 0 Å². The van der Waals surface area contributed by atoms with Gasteiger partial charge in [-0.1, -0.05) is 202 Å². The minimum absolute atomic E-state index is 0.0245. The second-order valence-corrected chi connectivity index (χ2v) is 21.1. The summed E-state index contributed by atoms with van der Waals surface area (Å²) in [6.45, 7) is 4.39. The number of phosphoric ester groups is 1. The van der Waals surface area contributed by atoms with Crippen LogP contribution in [0.3, 0.4) is 0 Å². The highest BCUT2D eigenvalue weighted by Crippen LogP contribution is 2.43. The van der Waals surface area contributed by atoms with E-state index in [1.54, 1.807) is 0 Å². The SMILES string of the molecule is CCCCCCC/C=C\C/C=C\C/C=C\CCCCCCCCCCC(=O)OC(COC(=O)CCCCCCCC/C=C\C/C=C\C/C=C\CCCCCCC)COP(=O)(O)OCC[N+](C)(C)C. The van der Waals surface area contributed by atoms with E-state index in [0.717, 1.165) is 83.5 Å². The lowest BCUT2D eigenvalue weighted by atomic mass is 10.1. The number of allylic oxidation sites excluding steroid dienone is 12. The van der Waals surface area contributed by atoms with Crippen LogP contribution in [0.1, 0.15) is 232 Å². The Balaban J connectivity index is 4.27. The Bertz CT molecular complexity index is 1380. The average molecular weight is 975 g/mol. The molecule has 394 valence electrons. The monoisotopic (exact) mass is 975 g/mol. The van der Waals surface area contributed by atoms with Crippen molar-refractivity contribution in [1.82, 2.24) is 0 Å². The smallest absolute Gasteiger partial charge is 0.462 e. The van der Waals surface area contributed by atoms with E-state index in [9.17, 15) is 19.0 Å². The third kappa shape index (κ3) is 52.8. The van der Waals surface area contributed by atoms with Crippen LogP contribution in [0.2, 0.25) is 0 Å². The van der Waals surface area contributed by atoms with E-state index in [2.05, 4.69) is 86.8 Å². The van der Waals surface area contributed by atoms with Crippen molar-refractivity contribution in [1.29, 1.82) is 0 Å². The van der Waals surface area contributed by atoms with E-state index in [1.165, 1.54) is 116 Å². The van der Waals surface area contributed by atoms with Gasteiger partial charge in [0.15, 0.2) is 6.10 Å². The molecule has 0 aromatic heterocycles. The molecule has 2 unspecified atom stereocenters. The van der Waals surface area contributed by atoms with E-state index in [1.807, 2.05) is 21.1 Å². The van der Waals surface area contributed by atoms with Crippen LogP contribution in [0.4, 0.5) is 0 Å². The van der Waals surface area contributed by atoms with E-state index in [4.69, 9.17) is 18.5 Å². The topological polar surface area (TPSA) is 108 Å². The van der Waals surface area contributed by atoms with Crippen molar-refractivity contribution in [3.05, 3.63) is 72.9 Å². The average Bonchev–Trinajstić information content (AvgIpc) is 3.30. The number of carbonyl (C=O) groups excluding carboxylic acids is 2. The lowest BCUT2D eigenvalue weighted by molar-refractivity contribution is -0.870. The van der Waals surface area contributed by atoms with E-state index in [0.29, 0.717) is 17.4 Å². The largest absolute Gasteiger partial charge is 0.472 e. The summed E-state index contributed by atoms with van der Waals surface area (Å²) >= 11 is 0. The van der Waals surface area contributed by atoms with Gasteiger partial charge in [0.2, 0.25) is 0 Å². The van der Waals surface area contributed by atoms with Gasteiger partial charge >= 0.3 is 19.8 Å². The number of hydrogen-bond donors (Lipinski definition) is 1. The Morgan fingerprint density at radius 1 is 0.456 bits per heavy atom. The summed E-state index contributed by atoms with van der Waals surface area (Å²) in [5.74, 6) is -0.821. The first-order valence-electron chi connectivity index (χ1n) is 27.7. The zero-order valence-corrected chi connectivity index (χ0v) is 45.5. The number of ether oxygens (including phenoxy) is 2. The van der Waals surface area contributed by atoms with Gasteiger partial charge in [-0.2, -0.15) is 0 Å². The molecule has 0 aliphatic heterocycles. The summed E-state index contributed by atoms with van der Waals surface area (Å²) in [6, 6.07) is 0. The van der Waals surface area contributed by atoms with Gasteiger partial charge in [0, 0.05) is 12.8 Å². The predicted molar refractivity (Wildman–Crippen MR) is 289 cm³/mol. The minimum atomic E-state index is -4.39. The zero-order chi connectivity index (χ0) is 49.9. The number of nitrogens with zero attached hydrogens (tertiary/aromatic N) is 1. The van der Waals surface area contributed by atoms with Gasteiger partial charge in [-0.15, -0.1) is 0 Å². The lowest BCUT2D eigenvalue weighted by Gasteiger charge is -2.24. The second kappa shape index (κ2) is 49.4. The molecule has 0 rings (SSSR count). The summed E-state index contributed by atoms with van der Waals surface area (Å²) in [5, 5.41) is 0. The summed E-state index contributed by atoms with van der Waals surface area (Å²) < 4.78 is 34.5. The van der Waals surface area contributed by atoms with E-state index in [-0.39, 0.29) is 32.0 Å². The number of phosphoric acid groups is 1. The number of carbonyl (C=O) groups is 2. The van der Waals surface area contributed by atoms with Crippen molar-refractivity contribution in [2.24, 2.45) is 0 Å². The molecule has 0 aromatic carbocycles. The van der Waals surface area contributed by atoms with Crippen molar-refractivity contribution in [2.75, 3.05) is 47.5 Å². The number of quaternary nitrogens is 1. The maximum Gasteiger partial charge on any atom is 0.472 e. The fourth-order valence-electron chi connectivity index (χ4n) is 7.38. The van der Waals surface area contributed by atoms with Crippen molar-refractivity contribution in [3.63, 3.8) is 0 Å². The van der Waals surface area contributed by atoms with Crippen LogP contribution in [0.15, 0.2) is 72.9 Å². The van der Waals surface area contributed by atoms with Crippen molar-refractivity contribution < 1.29 is 42.1 Å². The molecule has 1 N–H and O–H groups in total. The molecule has 0 heterocycles. The highest BCUT2D eigenvalue weighted by molar-refractivity contribution is 7.47. The van der Waals surface area contributed by atoms with E-state index >= 15 is 0 Å². The standard InChI is InChI=1S/C58H104NO8P/c1-6-8-10-12-14-16-18-20-22-24-26-28-29-31-33-35-37-39-41-43-45-47-49-51-58(61)67-56(55-66-68(62,63)65-53-52-59(3,4)5)54-64-57(60)50-48-46-44-42-40-38-36-34-32-30-27-25-23-21-19-17-15-13-11-9-7-2/h18-21,24-27,29,31-32,34,56H,6-17,22-23,28,30,33,35-55H2,1-5H3/p+1/b20-18-,21-19-,26-24-,27-25-,31-29-,34-32-. The first-order chi connectivity index (χ1) is 33.0. The molecular weight excluding hydrogens is 870 g/mol. The molecule has 0 saturated carbocycles. The number of likely N-dealkylation sites (N-methyl/N-ethyl adjacent to an activating group) is 1. The van der Waals surface area contributed by atoms with Crippen LogP contribution in [0, 0.1) is 0 Å². The van der Waals surface area contributed by atoms with Gasteiger partial charge in [0.25, 0.3) is 0 Å². The Labute approximate surface area is 418 Å². The zero-order valence-electron chi connectivity index (χ0n) is 44.6. The number of esters is 2. The van der Waals surface area contributed by atoms with Gasteiger partial charge in [-0.05, 0) is 89.9 Å². The van der Waals surface area contributed by atoms with Crippen LogP contribution in [0.5, 0.6) is 0 Å². The molecule has 10 heteroatoms. The van der Waals surface area contributed by atoms with Gasteiger partial charge < -0.3 is 18.9 Å². The first kappa shape index (κ1) is 65.5. The van der Waals surface area contributed by atoms with Gasteiger partial charge in [0.05, 0.1) is 27.7 Å². The quantitative estimate of drug-likeness (QED) is 0.0211. The first-order valence-corrected chi connectivity index (χ1v) is 29.2. The Morgan fingerprint density at radius 3 is 1.18 bits per heavy atom. The third-order valence-corrected chi connectivity index (χ3v) is 12.7. The number of unbranched alkanes of at least 4 members (excludes halogenated alkanes) is 24. The molecule has 0 aromatic rings. The van der Waals surface area contributed by atoms with Crippen LogP contribution in [-0.4, -0.2) is 74.9 Å². The second-order valence-electron chi connectivity index (χ2n) is 19.6. The molecule has 0 aliphatic carbocycles. The van der Waals surface area contributed by atoms with Crippen LogP contribution < -0.4 is 0 Å². The summed E-state index contributed by atoms with van der Waals surface area (Å²) in [7, 11) is 1.46. The normalized spacial score (nSPS) is 13.9. The summed E-state index contributed by atoms with van der Waals surface area (Å²) in [4.78, 5) is 35.6. The van der Waals surface area contributed by atoms with Gasteiger partial charge in [-0.3, -0.25) is 18.6 Å². The molecule has 0 amide bonds. The van der Waals surface area contributed by atoms with E-state index < -0.39 is 26.5 Å². The molecule has 0 spiro atoms. The Morgan fingerprint density at radius 2 is 0.794 bits per heavy atom. The maximum atomic E-state index is 12.8. The highest BCUT2D eigenvalue weighted by atomic mass is 31.2. The van der Waals surface area contributed by atoms with Crippen LogP contribution in [-0.2, 0) is 32.7 Å². The molecule has 0 bridgehead atoms. The molecular formula is C58H105NO8P+. The Kier molecular flexibility index (Phi) is 47.6. The van der Waals surface area contributed by atoms with Crippen LogP contribution >= 0.6 is 7.82 Å². The third-order valence-electron chi connectivity index (χ3n) is 11.7. The molecule has 2 atom stereocenters. The molecule has 0 saturated heterocycles. The fourth-order valence-corrected chi connectivity index (χ4v) is 8.12. The molecule has 9 nitrogen and oxygen atoms in total. The maximum absolute atomic E-state index is 12.8. The molecule has 68 heavy (non-hydrogen) atoms. The number of hydrogen-bond acceptors (Lipinski definition) is 7. The lowest BCUT2D eigenvalue weighted by Crippen LogP contribution is -2.37. The van der Waals surface area contributed by atoms with Crippen molar-refractivity contribution >= 4 is 19.8 Å².